The monoisotopic (exact) mass is 464 g/mol. The van der Waals surface area contributed by atoms with Gasteiger partial charge in [-0.1, -0.05) is 24.3 Å². The van der Waals surface area contributed by atoms with E-state index in [0.717, 1.165) is 10.9 Å². The number of halogens is 2. The maximum Gasteiger partial charge on any atom is 0.255 e. The lowest BCUT2D eigenvalue weighted by Crippen LogP contribution is -2.28. The molecule has 0 radical (unpaired) electrons. The normalized spacial score (nSPS) is 11.2. The van der Waals surface area contributed by atoms with Crippen LogP contribution in [0.3, 0.4) is 0 Å². The first-order valence-corrected chi connectivity index (χ1v) is 11.2. The number of pyridine rings is 1. The van der Waals surface area contributed by atoms with Crippen LogP contribution in [0.25, 0.3) is 16.7 Å². The molecule has 8 heteroatoms. The summed E-state index contributed by atoms with van der Waals surface area (Å²) in [5, 5.41) is 8.12. The number of hydrogen-bond donors (Lipinski definition) is 1. The zero-order valence-electron chi connectivity index (χ0n) is 19.4. The summed E-state index contributed by atoms with van der Waals surface area (Å²) in [6, 6.07) is 12.3. The van der Waals surface area contributed by atoms with E-state index in [9.17, 15) is 18.4 Å². The zero-order chi connectivity index (χ0) is 24.4. The summed E-state index contributed by atoms with van der Waals surface area (Å²) in [6.45, 7) is 6.03. The van der Waals surface area contributed by atoms with Gasteiger partial charge in [0.25, 0.3) is 5.56 Å². The van der Waals surface area contributed by atoms with Crippen LogP contribution in [-0.4, -0.2) is 20.3 Å². The SMILES string of the molecule is CCn1c(=O)c(CCC(=O)NCc2ccccc2F)c(C)c2c(C)nn(-c3cccc(F)c3)c21. The summed E-state index contributed by atoms with van der Waals surface area (Å²) in [4.78, 5) is 25.8. The van der Waals surface area contributed by atoms with Gasteiger partial charge in [-0.3, -0.25) is 14.2 Å². The van der Waals surface area contributed by atoms with E-state index in [1.807, 2.05) is 20.8 Å². The Morgan fingerprint density at radius 2 is 1.85 bits per heavy atom. The number of carbonyl (C=O) groups is 1. The first kappa shape index (κ1) is 23.4. The number of rotatable bonds is 7. The van der Waals surface area contributed by atoms with E-state index in [1.54, 1.807) is 39.6 Å². The van der Waals surface area contributed by atoms with Gasteiger partial charge in [0.15, 0.2) is 0 Å². The Kier molecular flexibility index (Phi) is 6.58. The maximum atomic E-state index is 13.9. The van der Waals surface area contributed by atoms with Crippen LogP contribution < -0.4 is 10.9 Å². The van der Waals surface area contributed by atoms with Crippen molar-refractivity contribution in [2.24, 2.45) is 0 Å². The first-order valence-electron chi connectivity index (χ1n) is 11.2. The molecule has 2 aromatic carbocycles. The van der Waals surface area contributed by atoms with E-state index < -0.39 is 0 Å². The minimum absolute atomic E-state index is 0.0855. The minimum atomic E-state index is -0.390. The lowest BCUT2D eigenvalue weighted by atomic mass is 10.0. The van der Waals surface area contributed by atoms with Gasteiger partial charge in [0.1, 0.15) is 17.3 Å². The molecule has 0 aliphatic carbocycles. The quantitative estimate of drug-likeness (QED) is 0.442. The molecule has 0 aliphatic heterocycles. The highest BCUT2D eigenvalue weighted by Gasteiger charge is 2.21. The fraction of sp³-hybridized carbons (Fsp3) is 0.269. The second-order valence-corrected chi connectivity index (χ2v) is 8.20. The molecule has 0 fully saturated rings. The number of carbonyl (C=O) groups excluding carboxylic acids is 1. The molecular formula is C26H26F2N4O2. The van der Waals surface area contributed by atoms with Crippen LogP contribution in [0.4, 0.5) is 8.78 Å². The summed E-state index contributed by atoms with van der Waals surface area (Å²) in [5.74, 6) is -1.03. The second kappa shape index (κ2) is 9.59. The van der Waals surface area contributed by atoms with Crippen molar-refractivity contribution in [3.8, 4) is 5.69 Å². The Balaban J connectivity index is 1.65. The highest BCUT2D eigenvalue weighted by atomic mass is 19.1. The van der Waals surface area contributed by atoms with E-state index >= 15 is 0 Å². The Morgan fingerprint density at radius 1 is 1.09 bits per heavy atom. The molecule has 176 valence electrons. The summed E-state index contributed by atoms with van der Waals surface area (Å²) >= 11 is 0. The molecule has 0 saturated heterocycles. The Morgan fingerprint density at radius 3 is 2.56 bits per heavy atom. The maximum absolute atomic E-state index is 13.9. The number of amides is 1. The molecule has 4 rings (SSSR count). The Bertz CT molecular complexity index is 1440. The van der Waals surface area contributed by atoms with Crippen LogP contribution in [0.15, 0.2) is 53.3 Å². The van der Waals surface area contributed by atoms with Gasteiger partial charge >= 0.3 is 0 Å². The molecule has 0 aliphatic rings. The van der Waals surface area contributed by atoms with Crippen molar-refractivity contribution < 1.29 is 13.6 Å². The lowest BCUT2D eigenvalue weighted by molar-refractivity contribution is -0.121. The molecule has 2 heterocycles. The molecule has 0 atom stereocenters. The zero-order valence-corrected chi connectivity index (χ0v) is 19.4. The van der Waals surface area contributed by atoms with E-state index in [0.29, 0.717) is 34.7 Å². The standard InChI is InChI=1S/C26H26F2N4O2/c1-4-31-25-24(17(3)30-32(25)20-10-7-9-19(27)14-20)16(2)21(26(31)34)12-13-23(33)29-15-18-8-5-6-11-22(18)28/h5-11,14H,4,12-13,15H2,1-3H3,(H,29,33). The van der Waals surface area contributed by atoms with Crippen LogP contribution >= 0.6 is 0 Å². The van der Waals surface area contributed by atoms with Gasteiger partial charge in [0.2, 0.25) is 5.91 Å². The molecule has 4 aromatic rings. The molecule has 0 unspecified atom stereocenters. The molecule has 0 bridgehead atoms. The summed E-state index contributed by atoms with van der Waals surface area (Å²) in [6.07, 6.45) is 0.338. The number of aromatic nitrogens is 3. The third-order valence-electron chi connectivity index (χ3n) is 6.03. The topological polar surface area (TPSA) is 68.9 Å². The fourth-order valence-electron chi connectivity index (χ4n) is 4.31. The van der Waals surface area contributed by atoms with Crippen molar-refractivity contribution in [2.45, 2.75) is 46.7 Å². The molecule has 34 heavy (non-hydrogen) atoms. The molecule has 1 amide bonds. The van der Waals surface area contributed by atoms with Gasteiger partial charge in [-0.05, 0) is 57.0 Å². The van der Waals surface area contributed by atoms with Crippen molar-refractivity contribution in [1.82, 2.24) is 19.7 Å². The van der Waals surface area contributed by atoms with Crippen molar-refractivity contribution in [3.05, 3.63) is 92.9 Å². The lowest BCUT2D eigenvalue weighted by Gasteiger charge is -2.14. The molecule has 6 nitrogen and oxygen atoms in total. The predicted molar refractivity (Wildman–Crippen MR) is 127 cm³/mol. The summed E-state index contributed by atoms with van der Waals surface area (Å²) in [5.41, 5.74) is 3.34. The summed E-state index contributed by atoms with van der Waals surface area (Å²) < 4.78 is 30.9. The molecule has 1 N–H and O–H groups in total. The Labute approximate surface area is 195 Å². The van der Waals surface area contributed by atoms with E-state index in [4.69, 9.17) is 0 Å². The first-order chi connectivity index (χ1) is 16.3. The van der Waals surface area contributed by atoms with Crippen LogP contribution in [0.2, 0.25) is 0 Å². The molecule has 0 saturated carbocycles. The Hall–Kier alpha value is -3.81. The van der Waals surface area contributed by atoms with Crippen molar-refractivity contribution in [3.63, 3.8) is 0 Å². The van der Waals surface area contributed by atoms with E-state index in [1.165, 1.54) is 18.2 Å². The van der Waals surface area contributed by atoms with Crippen molar-refractivity contribution in [2.75, 3.05) is 0 Å². The summed E-state index contributed by atoms with van der Waals surface area (Å²) in [7, 11) is 0. The number of benzene rings is 2. The highest BCUT2D eigenvalue weighted by molar-refractivity contribution is 5.85. The van der Waals surface area contributed by atoms with Crippen molar-refractivity contribution >= 4 is 16.9 Å². The van der Waals surface area contributed by atoms with Gasteiger partial charge in [-0.25, -0.2) is 13.5 Å². The average molecular weight is 465 g/mol. The minimum Gasteiger partial charge on any atom is -0.352 e. The number of nitrogens with one attached hydrogen (secondary N) is 1. The predicted octanol–water partition coefficient (Wildman–Crippen LogP) is 4.35. The van der Waals surface area contributed by atoms with Crippen LogP contribution in [0, 0.1) is 25.5 Å². The number of nitrogens with zero attached hydrogens (tertiary/aromatic N) is 3. The van der Waals surface area contributed by atoms with Crippen LogP contribution in [-0.2, 0) is 24.3 Å². The van der Waals surface area contributed by atoms with Gasteiger partial charge in [-0.2, -0.15) is 5.10 Å². The molecule has 0 spiro atoms. The molecular weight excluding hydrogens is 438 g/mol. The van der Waals surface area contributed by atoms with Gasteiger partial charge in [0, 0.05) is 36.0 Å². The third-order valence-corrected chi connectivity index (χ3v) is 6.03. The average Bonchev–Trinajstić information content (AvgIpc) is 3.16. The molecule has 2 aromatic heterocycles. The fourth-order valence-corrected chi connectivity index (χ4v) is 4.31. The number of hydrogen-bond acceptors (Lipinski definition) is 3. The number of aryl methyl sites for hydroxylation is 3. The third kappa shape index (κ3) is 4.35. The largest absolute Gasteiger partial charge is 0.352 e. The van der Waals surface area contributed by atoms with Gasteiger partial charge in [-0.15, -0.1) is 0 Å². The van der Waals surface area contributed by atoms with Crippen LogP contribution in [0.5, 0.6) is 0 Å². The van der Waals surface area contributed by atoms with Crippen LogP contribution in [0.1, 0.15) is 35.7 Å². The van der Waals surface area contributed by atoms with E-state index in [-0.39, 0.29) is 42.5 Å². The van der Waals surface area contributed by atoms with Gasteiger partial charge < -0.3 is 5.32 Å². The highest BCUT2D eigenvalue weighted by Crippen LogP contribution is 2.26. The van der Waals surface area contributed by atoms with E-state index in [2.05, 4.69) is 10.4 Å². The smallest absolute Gasteiger partial charge is 0.255 e. The second-order valence-electron chi connectivity index (χ2n) is 8.20. The number of fused-ring (bicyclic) bond motifs is 1. The van der Waals surface area contributed by atoms with Crippen molar-refractivity contribution in [1.29, 1.82) is 0 Å². The van der Waals surface area contributed by atoms with Gasteiger partial charge in [0.05, 0.1) is 11.4 Å².